The van der Waals surface area contributed by atoms with Crippen LogP contribution in [-0.2, 0) is 16.0 Å². The Kier molecular flexibility index (Phi) is 3.60. The second kappa shape index (κ2) is 5.53. The first-order valence-corrected chi connectivity index (χ1v) is 6.79. The number of hydrogen-bond acceptors (Lipinski definition) is 4. The molecule has 100 valence electrons. The quantitative estimate of drug-likeness (QED) is 0.828. The van der Waals surface area contributed by atoms with E-state index in [2.05, 4.69) is 4.98 Å². The van der Waals surface area contributed by atoms with Gasteiger partial charge >= 0.3 is 0 Å². The third-order valence-corrected chi connectivity index (χ3v) is 3.46. The van der Waals surface area contributed by atoms with Gasteiger partial charge in [-0.15, -0.1) is 0 Å². The van der Waals surface area contributed by atoms with E-state index in [1.54, 1.807) is 0 Å². The number of benzene rings is 1. The highest BCUT2D eigenvalue weighted by molar-refractivity contribution is 5.81. The van der Waals surface area contributed by atoms with Crippen molar-refractivity contribution in [3.8, 4) is 0 Å². The summed E-state index contributed by atoms with van der Waals surface area (Å²) in [6.45, 7) is 0.837. The van der Waals surface area contributed by atoms with Crippen molar-refractivity contribution in [2.45, 2.75) is 38.2 Å². The number of rotatable bonds is 5. The van der Waals surface area contributed by atoms with Crippen LogP contribution in [0.4, 0.5) is 0 Å². The van der Waals surface area contributed by atoms with Crippen molar-refractivity contribution in [1.82, 2.24) is 4.98 Å². The molecule has 1 atom stereocenters. The minimum Gasteiger partial charge on any atom is -0.440 e. The molecule has 0 saturated carbocycles. The predicted molar refractivity (Wildman–Crippen MR) is 70.9 cm³/mol. The van der Waals surface area contributed by atoms with Crippen molar-refractivity contribution in [3.05, 3.63) is 30.2 Å². The zero-order valence-electron chi connectivity index (χ0n) is 10.8. The molecule has 1 aliphatic rings. The topological polar surface area (TPSA) is 52.3 Å². The van der Waals surface area contributed by atoms with E-state index in [9.17, 15) is 4.79 Å². The number of fused-ring (bicyclic) bond motifs is 1. The standard InChI is InChI=1S/C15H17NO3/c17-11(7-8-12-4-3-9-18-12)10-15-16-13-5-1-2-6-14(13)19-15/h1-2,5-6,12H,3-4,7-10H2. The Morgan fingerprint density at radius 1 is 1.37 bits per heavy atom. The fourth-order valence-corrected chi connectivity index (χ4v) is 2.45. The molecule has 1 saturated heterocycles. The van der Waals surface area contributed by atoms with Crippen LogP contribution in [0.5, 0.6) is 0 Å². The molecule has 0 radical (unpaired) electrons. The monoisotopic (exact) mass is 259 g/mol. The number of carbonyl (C=O) groups is 1. The van der Waals surface area contributed by atoms with Crippen LogP contribution >= 0.6 is 0 Å². The van der Waals surface area contributed by atoms with Gasteiger partial charge < -0.3 is 9.15 Å². The summed E-state index contributed by atoms with van der Waals surface area (Å²) in [5.41, 5.74) is 1.55. The van der Waals surface area contributed by atoms with E-state index in [1.807, 2.05) is 24.3 Å². The van der Waals surface area contributed by atoms with Crippen LogP contribution in [0.1, 0.15) is 31.6 Å². The molecule has 0 bridgehead atoms. The largest absolute Gasteiger partial charge is 0.440 e. The van der Waals surface area contributed by atoms with Crippen LogP contribution in [0.25, 0.3) is 11.1 Å². The third-order valence-electron chi connectivity index (χ3n) is 3.46. The second-order valence-electron chi connectivity index (χ2n) is 4.96. The number of ether oxygens (including phenoxy) is 1. The van der Waals surface area contributed by atoms with Gasteiger partial charge in [0.15, 0.2) is 5.58 Å². The lowest BCUT2D eigenvalue weighted by atomic mass is 10.1. The van der Waals surface area contributed by atoms with Gasteiger partial charge in [0.2, 0.25) is 5.89 Å². The maximum atomic E-state index is 11.9. The zero-order valence-corrected chi connectivity index (χ0v) is 10.8. The van der Waals surface area contributed by atoms with Crippen LogP contribution in [0, 0.1) is 0 Å². The number of carbonyl (C=O) groups excluding carboxylic acids is 1. The highest BCUT2D eigenvalue weighted by atomic mass is 16.5. The van der Waals surface area contributed by atoms with E-state index >= 15 is 0 Å². The highest BCUT2D eigenvalue weighted by Gasteiger charge is 2.17. The Hall–Kier alpha value is -1.68. The lowest BCUT2D eigenvalue weighted by Crippen LogP contribution is -2.10. The van der Waals surface area contributed by atoms with E-state index < -0.39 is 0 Å². The van der Waals surface area contributed by atoms with Crippen molar-refractivity contribution in [1.29, 1.82) is 0 Å². The summed E-state index contributed by atoms with van der Waals surface area (Å²) in [4.78, 5) is 16.2. The van der Waals surface area contributed by atoms with Crippen LogP contribution in [0.2, 0.25) is 0 Å². The molecule has 0 spiro atoms. The van der Waals surface area contributed by atoms with Gasteiger partial charge in [-0.1, -0.05) is 12.1 Å². The predicted octanol–water partition coefficient (Wildman–Crippen LogP) is 2.90. The fourth-order valence-electron chi connectivity index (χ4n) is 2.45. The number of ketones is 1. The van der Waals surface area contributed by atoms with Crippen LogP contribution in [-0.4, -0.2) is 23.5 Å². The Morgan fingerprint density at radius 2 is 2.26 bits per heavy atom. The minimum absolute atomic E-state index is 0.169. The molecule has 3 rings (SSSR count). The first-order chi connectivity index (χ1) is 9.31. The molecular formula is C15H17NO3. The minimum atomic E-state index is 0.169. The Morgan fingerprint density at radius 3 is 3.05 bits per heavy atom. The average Bonchev–Trinajstić information content (AvgIpc) is 3.04. The van der Waals surface area contributed by atoms with Crippen LogP contribution in [0.15, 0.2) is 28.7 Å². The number of Topliss-reactive ketones (excluding diaryl/α,β-unsaturated/α-hetero) is 1. The van der Waals surface area contributed by atoms with E-state index in [4.69, 9.17) is 9.15 Å². The van der Waals surface area contributed by atoms with Crippen LogP contribution in [0.3, 0.4) is 0 Å². The third kappa shape index (κ3) is 3.01. The van der Waals surface area contributed by atoms with E-state index in [-0.39, 0.29) is 18.3 Å². The molecule has 0 aliphatic carbocycles. The summed E-state index contributed by atoms with van der Waals surface area (Å²) in [6, 6.07) is 7.56. The number of oxazole rings is 1. The van der Waals surface area contributed by atoms with Crippen molar-refractivity contribution in [2.24, 2.45) is 0 Å². The van der Waals surface area contributed by atoms with Crippen molar-refractivity contribution in [3.63, 3.8) is 0 Å². The molecule has 1 fully saturated rings. The molecule has 1 aromatic heterocycles. The molecule has 1 aliphatic heterocycles. The van der Waals surface area contributed by atoms with Crippen molar-refractivity contribution >= 4 is 16.9 Å². The summed E-state index contributed by atoms with van der Waals surface area (Å²) in [6.07, 6.45) is 4.11. The Bertz CT molecular complexity index is 537. The number of para-hydroxylation sites is 2. The molecule has 1 unspecified atom stereocenters. The van der Waals surface area contributed by atoms with Crippen molar-refractivity contribution in [2.75, 3.05) is 6.61 Å². The fraction of sp³-hybridized carbons (Fsp3) is 0.467. The molecule has 19 heavy (non-hydrogen) atoms. The van der Waals surface area contributed by atoms with Gasteiger partial charge in [0.25, 0.3) is 0 Å². The van der Waals surface area contributed by atoms with Gasteiger partial charge in [0.1, 0.15) is 11.3 Å². The lowest BCUT2D eigenvalue weighted by molar-refractivity contribution is -0.119. The van der Waals surface area contributed by atoms with Crippen LogP contribution < -0.4 is 0 Å². The van der Waals surface area contributed by atoms with Gasteiger partial charge in [-0.3, -0.25) is 4.79 Å². The van der Waals surface area contributed by atoms with Gasteiger partial charge in [0, 0.05) is 13.0 Å². The van der Waals surface area contributed by atoms with E-state index in [0.29, 0.717) is 12.3 Å². The normalized spacial score (nSPS) is 19.1. The molecular weight excluding hydrogens is 242 g/mol. The summed E-state index contributed by atoms with van der Waals surface area (Å²) in [7, 11) is 0. The molecule has 4 nitrogen and oxygen atoms in total. The van der Waals surface area contributed by atoms with Crippen molar-refractivity contribution < 1.29 is 13.9 Å². The molecule has 0 N–H and O–H groups in total. The maximum absolute atomic E-state index is 11.9. The first kappa shape index (κ1) is 12.4. The Balaban J connectivity index is 1.56. The number of nitrogens with zero attached hydrogens (tertiary/aromatic N) is 1. The van der Waals surface area contributed by atoms with Gasteiger partial charge in [0.05, 0.1) is 12.5 Å². The van der Waals surface area contributed by atoms with Gasteiger partial charge in [-0.25, -0.2) is 4.98 Å². The summed E-state index contributed by atoms with van der Waals surface area (Å²) >= 11 is 0. The number of hydrogen-bond donors (Lipinski definition) is 0. The number of aromatic nitrogens is 1. The molecule has 4 heteroatoms. The first-order valence-electron chi connectivity index (χ1n) is 6.79. The Labute approximate surface area is 111 Å². The maximum Gasteiger partial charge on any atom is 0.202 e. The van der Waals surface area contributed by atoms with E-state index in [0.717, 1.165) is 37.0 Å². The summed E-state index contributed by atoms with van der Waals surface area (Å²) < 4.78 is 11.1. The SMILES string of the molecule is O=C(CCC1CCCO1)Cc1nc2ccccc2o1. The smallest absolute Gasteiger partial charge is 0.202 e. The van der Waals surface area contributed by atoms with Gasteiger partial charge in [-0.05, 0) is 31.4 Å². The molecule has 1 aromatic carbocycles. The van der Waals surface area contributed by atoms with E-state index in [1.165, 1.54) is 0 Å². The summed E-state index contributed by atoms with van der Waals surface area (Å²) in [5.74, 6) is 0.681. The molecule has 0 amide bonds. The molecule has 2 aromatic rings. The average molecular weight is 259 g/mol. The highest BCUT2D eigenvalue weighted by Crippen LogP contribution is 2.19. The lowest BCUT2D eigenvalue weighted by Gasteiger charge is -2.07. The van der Waals surface area contributed by atoms with Gasteiger partial charge in [-0.2, -0.15) is 0 Å². The second-order valence-corrected chi connectivity index (χ2v) is 4.96. The zero-order chi connectivity index (χ0) is 13.1. The molecule has 2 heterocycles. The summed E-state index contributed by atoms with van der Waals surface area (Å²) in [5, 5.41) is 0.